The SMILES string of the molecule is CC/C=C\C/C=C\C/C=C\CCCCCCCC(=O)O[C@H](COC(=O)CCCCCC/C=C\C/C=C\C/C=C\CCCCC)COC(=O)CCCCCCCCCCCCCCCCC. The van der Waals surface area contributed by atoms with E-state index < -0.39 is 6.10 Å². The van der Waals surface area contributed by atoms with E-state index in [1.54, 1.807) is 0 Å². The summed E-state index contributed by atoms with van der Waals surface area (Å²) in [4.78, 5) is 38.1. The van der Waals surface area contributed by atoms with E-state index >= 15 is 0 Å². The minimum Gasteiger partial charge on any atom is -0.462 e. The fourth-order valence-corrected chi connectivity index (χ4v) is 7.58. The molecule has 0 bridgehead atoms. The molecule has 1 atom stereocenters. The summed E-state index contributed by atoms with van der Waals surface area (Å²) in [6, 6.07) is 0. The van der Waals surface area contributed by atoms with Gasteiger partial charge in [0.05, 0.1) is 0 Å². The third kappa shape index (κ3) is 51.7. The molecule has 0 aliphatic rings. The molecule has 6 nitrogen and oxygen atoms in total. The van der Waals surface area contributed by atoms with E-state index in [4.69, 9.17) is 14.2 Å². The lowest BCUT2D eigenvalue weighted by Gasteiger charge is -2.18. The van der Waals surface area contributed by atoms with Crippen molar-refractivity contribution >= 4 is 17.9 Å². The minimum absolute atomic E-state index is 0.0880. The molecule has 0 saturated carbocycles. The monoisotopic (exact) mass is 907 g/mol. The summed E-state index contributed by atoms with van der Waals surface area (Å²) in [6.45, 7) is 6.48. The molecule has 0 rings (SSSR count). The van der Waals surface area contributed by atoms with E-state index in [1.807, 2.05) is 0 Å². The summed E-state index contributed by atoms with van der Waals surface area (Å²) in [6.07, 6.45) is 67.4. The summed E-state index contributed by atoms with van der Waals surface area (Å²) >= 11 is 0. The molecule has 0 aliphatic carbocycles. The number of hydrogen-bond donors (Lipinski definition) is 0. The van der Waals surface area contributed by atoms with Crippen molar-refractivity contribution in [2.75, 3.05) is 13.2 Å². The van der Waals surface area contributed by atoms with E-state index in [-0.39, 0.29) is 31.1 Å². The number of esters is 3. The Kier molecular flexibility index (Phi) is 50.9. The Morgan fingerprint density at radius 2 is 0.600 bits per heavy atom. The molecule has 0 aromatic rings. The molecule has 0 aliphatic heterocycles. The second kappa shape index (κ2) is 53.5. The van der Waals surface area contributed by atoms with Crippen molar-refractivity contribution in [3.8, 4) is 0 Å². The number of ether oxygens (including phenoxy) is 3. The molecule has 0 aromatic heterocycles. The molecule has 0 aromatic carbocycles. The van der Waals surface area contributed by atoms with E-state index in [1.165, 1.54) is 103 Å². The number of hydrogen-bond acceptors (Lipinski definition) is 6. The van der Waals surface area contributed by atoms with Crippen molar-refractivity contribution in [1.82, 2.24) is 0 Å². The Hall–Kier alpha value is -3.15. The fraction of sp³-hybridized carbons (Fsp3) is 0.746. The van der Waals surface area contributed by atoms with E-state index in [0.717, 1.165) is 122 Å². The van der Waals surface area contributed by atoms with E-state index in [0.29, 0.717) is 19.3 Å². The Balaban J connectivity index is 4.44. The second-order valence-electron chi connectivity index (χ2n) is 18.1. The summed E-state index contributed by atoms with van der Waals surface area (Å²) in [5.74, 6) is -0.921. The van der Waals surface area contributed by atoms with Crippen LogP contribution < -0.4 is 0 Å². The van der Waals surface area contributed by atoms with Crippen LogP contribution >= 0.6 is 0 Å². The number of carbonyl (C=O) groups is 3. The van der Waals surface area contributed by atoms with Crippen LogP contribution in [-0.4, -0.2) is 37.2 Å². The van der Waals surface area contributed by atoms with Crippen molar-refractivity contribution in [2.24, 2.45) is 0 Å². The van der Waals surface area contributed by atoms with Gasteiger partial charge in [-0.2, -0.15) is 0 Å². The van der Waals surface area contributed by atoms with Gasteiger partial charge in [0.1, 0.15) is 13.2 Å². The van der Waals surface area contributed by atoms with Crippen LogP contribution in [-0.2, 0) is 28.6 Å². The highest BCUT2D eigenvalue weighted by Crippen LogP contribution is 2.15. The number of carbonyl (C=O) groups excluding carboxylic acids is 3. The molecule has 0 fully saturated rings. The Labute approximate surface area is 402 Å². The van der Waals surface area contributed by atoms with Crippen molar-refractivity contribution in [1.29, 1.82) is 0 Å². The quantitative estimate of drug-likeness (QED) is 0.0262. The molecule has 0 spiro atoms. The molecule has 0 amide bonds. The molecular weight excluding hydrogens is 805 g/mol. The molecule has 0 radical (unpaired) electrons. The summed E-state index contributed by atoms with van der Waals surface area (Å²) in [5, 5.41) is 0. The highest BCUT2D eigenvalue weighted by molar-refractivity contribution is 5.71. The lowest BCUT2D eigenvalue weighted by atomic mass is 10.0. The van der Waals surface area contributed by atoms with Crippen LogP contribution in [0.2, 0.25) is 0 Å². The number of unbranched alkanes of at least 4 members (excludes halogenated alkanes) is 26. The van der Waals surface area contributed by atoms with Gasteiger partial charge in [-0.05, 0) is 89.9 Å². The highest BCUT2D eigenvalue weighted by Gasteiger charge is 2.19. The lowest BCUT2D eigenvalue weighted by molar-refractivity contribution is -0.167. The highest BCUT2D eigenvalue weighted by atomic mass is 16.6. The first-order valence-electron chi connectivity index (χ1n) is 27.4. The first kappa shape index (κ1) is 61.9. The van der Waals surface area contributed by atoms with Gasteiger partial charge >= 0.3 is 17.9 Å². The van der Waals surface area contributed by atoms with Gasteiger partial charge in [-0.3, -0.25) is 14.4 Å². The van der Waals surface area contributed by atoms with Gasteiger partial charge in [-0.15, -0.1) is 0 Å². The summed E-state index contributed by atoms with van der Waals surface area (Å²) in [5.41, 5.74) is 0. The lowest BCUT2D eigenvalue weighted by Crippen LogP contribution is -2.30. The van der Waals surface area contributed by atoms with Gasteiger partial charge < -0.3 is 14.2 Å². The topological polar surface area (TPSA) is 78.9 Å². The van der Waals surface area contributed by atoms with Crippen LogP contribution in [0.5, 0.6) is 0 Å². The van der Waals surface area contributed by atoms with Crippen LogP contribution in [0.25, 0.3) is 0 Å². The molecule has 6 heteroatoms. The van der Waals surface area contributed by atoms with Crippen LogP contribution in [0.1, 0.15) is 265 Å². The second-order valence-corrected chi connectivity index (χ2v) is 18.1. The van der Waals surface area contributed by atoms with Crippen LogP contribution in [0.3, 0.4) is 0 Å². The Bertz CT molecular complexity index is 1230. The predicted octanol–water partition coefficient (Wildman–Crippen LogP) is 18.2. The van der Waals surface area contributed by atoms with E-state index in [9.17, 15) is 14.4 Å². The molecule has 65 heavy (non-hydrogen) atoms. The van der Waals surface area contributed by atoms with Crippen molar-refractivity contribution in [3.63, 3.8) is 0 Å². The molecular formula is C59H102O6. The van der Waals surface area contributed by atoms with Gasteiger partial charge in [-0.25, -0.2) is 0 Å². The van der Waals surface area contributed by atoms with Crippen LogP contribution in [0.4, 0.5) is 0 Å². The Morgan fingerprint density at radius 1 is 0.323 bits per heavy atom. The Morgan fingerprint density at radius 3 is 0.969 bits per heavy atom. The maximum Gasteiger partial charge on any atom is 0.306 e. The van der Waals surface area contributed by atoms with Gasteiger partial charge in [0.2, 0.25) is 0 Å². The van der Waals surface area contributed by atoms with Gasteiger partial charge in [0, 0.05) is 19.3 Å². The molecule has 0 saturated heterocycles. The molecule has 0 unspecified atom stereocenters. The zero-order valence-corrected chi connectivity index (χ0v) is 42.7. The van der Waals surface area contributed by atoms with Crippen molar-refractivity contribution < 1.29 is 28.6 Å². The first-order chi connectivity index (χ1) is 32.0. The third-order valence-corrected chi connectivity index (χ3v) is 11.7. The average Bonchev–Trinajstić information content (AvgIpc) is 3.30. The fourth-order valence-electron chi connectivity index (χ4n) is 7.58. The zero-order chi connectivity index (χ0) is 47.2. The standard InChI is InChI=1S/C59H102O6/c1-4-7-10-13-16-19-22-25-28-29-32-34-37-40-43-46-49-52-58(61)64-55-56(65-59(62)53-50-47-44-41-38-35-31-27-24-21-18-15-12-9-6-3)54-63-57(60)51-48-45-42-39-36-33-30-26-23-20-17-14-11-8-5-2/h9,12,16,18-19,21,25,27-28,31-32,34,56H,4-8,10-11,13-15,17,20,22-24,26,29-30,33,35-55H2,1-3H3/b12-9-,19-16-,21-18-,28-25-,31-27-,34-32-/t56-/m0/s1. The van der Waals surface area contributed by atoms with Gasteiger partial charge in [0.25, 0.3) is 0 Å². The van der Waals surface area contributed by atoms with Gasteiger partial charge in [-0.1, -0.05) is 229 Å². The minimum atomic E-state index is -0.792. The summed E-state index contributed by atoms with van der Waals surface area (Å²) < 4.78 is 16.8. The molecule has 0 heterocycles. The van der Waals surface area contributed by atoms with Crippen molar-refractivity contribution in [3.05, 3.63) is 72.9 Å². The third-order valence-electron chi connectivity index (χ3n) is 11.7. The van der Waals surface area contributed by atoms with Crippen molar-refractivity contribution in [2.45, 2.75) is 271 Å². The van der Waals surface area contributed by atoms with E-state index in [2.05, 4.69) is 93.7 Å². The zero-order valence-electron chi connectivity index (χ0n) is 42.7. The molecule has 374 valence electrons. The smallest absolute Gasteiger partial charge is 0.306 e. The normalized spacial score (nSPS) is 12.6. The number of rotatable bonds is 49. The largest absolute Gasteiger partial charge is 0.462 e. The maximum absolute atomic E-state index is 12.8. The van der Waals surface area contributed by atoms with Gasteiger partial charge in [0.15, 0.2) is 6.10 Å². The number of allylic oxidation sites excluding steroid dienone is 12. The summed E-state index contributed by atoms with van der Waals surface area (Å²) in [7, 11) is 0. The maximum atomic E-state index is 12.8. The first-order valence-corrected chi connectivity index (χ1v) is 27.4. The molecule has 0 N–H and O–H groups in total. The predicted molar refractivity (Wildman–Crippen MR) is 279 cm³/mol. The van der Waals surface area contributed by atoms with Crippen LogP contribution in [0, 0.1) is 0 Å². The average molecular weight is 907 g/mol. The van der Waals surface area contributed by atoms with Crippen LogP contribution in [0.15, 0.2) is 72.9 Å².